The summed E-state index contributed by atoms with van der Waals surface area (Å²) in [6, 6.07) is 7.49. The Balaban J connectivity index is 1.75. The molecule has 0 aromatic heterocycles. The van der Waals surface area contributed by atoms with Gasteiger partial charge in [-0.2, -0.15) is 0 Å². The molecule has 21 heavy (non-hydrogen) atoms. The van der Waals surface area contributed by atoms with Crippen LogP contribution in [-0.2, 0) is 9.53 Å². The Morgan fingerprint density at radius 3 is 2.71 bits per heavy atom. The number of carbonyl (C=O) groups is 1. The molecule has 4 heteroatoms. The van der Waals surface area contributed by atoms with Crippen molar-refractivity contribution in [2.75, 3.05) is 18.5 Å². The highest BCUT2D eigenvalue weighted by Gasteiger charge is 2.30. The van der Waals surface area contributed by atoms with Gasteiger partial charge in [-0.25, -0.2) is 0 Å². The van der Waals surface area contributed by atoms with Gasteiger partial charge in [-0.15, -0.1) is 0 Å². The molecule has 1 saturated carbocycles. The van der Waals surface area contributed by atoms with Gasteiger partial charge in [0.2, 0.25) is 5.91 Å². The number of rotatable bonds is 5. The summed E-state index contributed by atoms with van der Waals surface area (Å²) in [5, 5.41) is 2.92. The van der Waals surface area contributed by atoms with E-state index in [4.69, 9.17) is 10.5 Å². The zero-order valence-corrected chi connectivity index (χ0v) is 12.4. The second-order valence-electron chi connectivity index (χ2n) is 5.25. The molecule has 1 amide bonds. The number of nitrogens with two attached hydrogens (primary N) is 1. The van der Waals surface area contributed by atoms with E-state index in [-0.39, 0.29) is 5.91 Å². The third-order valence-corrected chi connectivity index (χ3v) is 3.57. The quantitative estimate of drug-likeness (QED) is 0.815. The highest BCUT2D eigenvalue weighted by atomic mass is 16.5. The SMILES string of the molecule is CCOC1CC(CC(=O)Nc2ccc(C#CCN)cc2)C1. The molecule has 3 N–H and O–H groups in total. The minimum absolute atomic E-state index is 0.0655. The molecule has 0 bridgehead atoms. The molecule has 0 saturated heterocycles. The highest BCUT2D eigenvalue weighted by molar-refractivity contribution is 5.90. The van der Waals surface area contributed by atoms with Crippen LogP contribution in [0.15, 0.2) is 24.3 Å². The van der Waals surface area contributed by atoms with Crippen LogP contribution in [0.25, 0.3) is 0 Å². The van der Waals surface area contributed by atoms with Crippen LogP contribution in [0, 0.1) is 17.8 Å². The molecule has 0 heterocycles. The maximum atomic E-state index is 11.9. The third kappa shape index (κ3) is 4.89. The standard InChI is InChI=1S/C17H22N2O2/c1-2-21-16-10-14(11-16)12-17(20)19-15-7-5-13(6-8-15)4-3-9-18/h5-8,14,16H,2,9-12,18H2,1H3,(H,19,20). The van der Waals surface area contributed by atoms with E-state index in [0.717, 1.165) is 30.7 Å². The predicted molar refractivity (Wildman–Crippen MR) is 83.8 cm³/mol. The summed E-state index contributed by atoms with van der Waals surface area (Å²) < 4.78 is 5.50. The van der Waals surface area contributed by atoms with Gasteiger partial charge in [0.15, 0.2) is 0 Å². The van der Waals surface area contributed by atoms with E-state index in [1.807, 2.05) is 31.2 Å². The lowest BCUT2D eigenvalue weighted by Crippen LogP contribution is -2.33. The maximum absolute atomic E-state index is 11.9. The Morgan fingerprint density at radius 2 is 2.10 bits per heavy atom. The summed E-state index contributed by atoms with van der Waals surface area (Å²) >= 11 is 0. The molecule has 2 rings (SSSR count). The second kappa shape index (κ2) is 7.82. The average Bonchev–Trinajstić information content (AvgIpc) is 2.44. The summed E-state index contributed by atoms with van der Waals surface area (Å²) in [5.74, 6) is 6.27. The van der Waals surface area contributed by atoms with Crippen LogP contribution in [0.2, 0.25) is 0 Å². The fourth-order valence-electron chi connectivity index (χ4n) is 2.48. The van der Waals surface area contributed by atoms with Crippen LogP contribution >= 0.6 is 0 Å². The van der Waals surface area contributed by atoms with Gasteiger partial charge >= 0.3 is 0 Å². The Bertz CT molecular complexity index is 522. The molecular weight excluding hydrogens is 264 g/mol. The fraction of sp³-hybridized carbons (Fsp3) is 0.471. The molecule has 112 valence electrons. The number of ether oxygens (including phenoxy) is 1. The van der Waals surface area contributed by atoms with Gasteiger partial charge in [0.05, 0.1) is 12.6 Å². The summed E-state index contributed by atoms with van der Waals surface area (Å²) in [7, 11) is 0. The minimum atomic E-state index is 0.0655. The lowest BCUT2D eigenvalue weighted by molar-refractivity contribution is -0.119. The Hall–Kier alpha value is -1.83. The lowest BCUT2D eigenvalue weighted by Gasteiger charge is -2.34. The fourth-order valence-corrected chi connectivity index (χ4v) is 2.48. The molecule has 0 unspecified atom stereocenters. The van der Waals surface area contributed by atoms with Crippen molar-refractivity contribution in [2.45, 2.75) is 32.3 Å². The average molecular weight is 286 g/mol. The van der Waals surface area contributed by atoms with Gasteiger partial charge in [0.1, 0.15) is 0 Å². The minimum Gasteiger partial charge on any atom is -0.378 e. The van der Waals surface area contributed by atoms with Crippen LogP contribution in [-0.4, -0.2) is 25.2 Å². The smallest absolute Gasteiger partial charge is 0.224 e. The van der Waals surface area contributed by atoms with Crippen molar-refractivity contribution in [3.63, 3.8) is 0 Å². The summed E-state index contributed by atoms with van der Waals surface area (Å²) in [4.78, 5) is 11.9. The third-order valence-electron chi connectivity index (χ3n) is 3.57. The van der Waals surface area contributed by atoms with E-state index in [1.54, 1.807) is 0 Å². The maximum Gasteiger partial charge on any atom is 0.224 e. The molecular formula is C17H22N2O2. The van der Waals surface area contributed by atoms with Gasteiger partial charge < -0.3 is 15.8 Å². The summed E-state index contributed by atoms with van der Waals surface area (Å²) in [6.45, 7) is 3.10. The zero-order valence-electron chi connectivity index (χ0n) is 12.4. The van der Waals surface area contributed by atoms with Crippen LogP contribution < -0.4 is 11.1 Å². The first-order valence-corrected chi connectivity index (χ1v) is 7.41. The Morgan fingerprint density at radius 1 is 1.38 bits per heavy atom. The predicted octanol–water partition coefficient (Wildman–Crippen LogP) is 2.14. The summed E-state index contributed by atoms with van der Waals surface area (Å²) in [6.07, 6.45) is 2.91. The van der Waals surface area contributed by atoms with E-state index in [2.05, 4.69) is 17.2 Å². The molecule has 4 nitrogen and oxygen atoms in total. The molecule has 0 radical (unpaired) electrons. The zero-order chi connectivity index (χ0) is 15.1. The molecule has 0 atom stereocenters. The van der Waals surface area contributed by atoms with Crippen molar-refractivity contribution >= 4 is 11.6 Å². The second-order valence-corrected chi connectivity index (χ2v) is 5.25. The van der Waals surface area contributed by atoms with Crippen molar-refractivity contribution in [3.05, 3.63) is 29.8 Å². The molecule has 1 aromatic rings. The molecule has 0 spiro atoms. The molecule has 0 aliphatic heterocycles. The summed E-state index contributed by atoms with van der Waals surface area (Å²) in [5.41, 5.74) is 7.03. The first kappa shape index (κ1) is 15.6. The molecule has 1 aliphatic rings. The van der Waals surface area contributed by atoms with Crippen molar-refractivity contribution in [3.8, 4) is 11.8 Å². The number of nitrogens with one attached hydrogen (secondary N) is 1. The Labute approximate surface area is 126 Å². The first-order chi connectivity index (χ1) is 10.2. The number of carbonyl (C=O) groups excluding carboxylic acids is 1. The van der Waals surface area contributed by atoms with Crippen LogP contribution in [0.3, 0.4) is 0 Å². The van der Waals surface area contributed by atoms with E-state index in [1.165, 1.54) is 0 Å². The lowest BCUT2D eigenvalue weighted by atomic mass is 9.80. The first-order valence-electron chi connectivity index (χ1n) is 7.41. The van der Waals surface area contributed by atoms with Gasteiger partial charge in [-0.05, 0) is 49.9 Å². The van der Waals surface area contributed by atoms with Crippen molar-refractivity contribution in [1.29, 1.82) is 0 Å². The number of benzene rings is 1. The van der Waals surface area contributed by atoms with E-state index >= 15 is 0 Å². The van der Waals surface area contributed by atoms with Crippen molar-refractivity contribution < 1.29 is 9.53 Å². The van der Waals surface area contributed by atoms with Gasteiger partial charge in [0, 0.05) is 24.3 Å². The normalized spacial score (nSPS) is 20.1. The van der Waals surface area contributed by atoms with E-state index in [0.29, 0.717) is 25.0 Å². The number of hydrogen-bond donors (Lipinski definition) is 2. The molecule has 1 aliphatic carbocycles. The van der Waals surface area contributed by atoms with Gasteiger partial charge in [-0.1, -0.05) is 11.8 Å². The topological polar surface area (TPSA) is 64.3 Å². The number of anilines is 1. The van der Waals surface area contributed by atoms with E-state index in [9.17, 15) is 4.79 Å². The van der Waals surface area contributed by atoms with Crippen LogP contribution in [0.1, 0.15) is 31.7 Å². The molecule has 1 fully saturated rings. The van der Waals surface area contributed by atoms with Crippen LogP contribution in [0.4, 0.5) is 5.69 Å². The van der Waals surface area contributed by atoms with Crippen molar-refractivity contribution in [1.82, 2.24) is 0 Å². The Kier molecular flexibility index (Phi) is 5.79. The number of hydrogen-bond acceptors (Lipinski definition) is 3. The van der Waals surface area contributed by atoms with Crippen molar-refractivity contribution in [2.24, 2.45) is 11.7 Å². The highest BCUT2D eigenvalue weighted by Crippen LogP contribution is 2.32. The largest absolute Gasteiger partial charge is 0.378 e. The van der Waals surface area contributed by atoms with Gasteiger partial charge in [0.25, 0.3) is 0 Å². The molecule has 1 aromatic carbocycles. The van der Waals surface area contributed by atoms with E-state index < -0.39 is 0 Å². The monoisotopic (exact) mass is 286 g/mol. The number of amides is 1. The van der Waals surface area contributed by atoms with Crippen LogP contribution in [0.5, 0.6) is 0 Å². The van der Waals surface area contributed by atoms with Gasteiger partial charge in [-0.3, -0.25) is 4.79 Å².